The van der Waals surface area contributed by atoms with Gasteiger partial charge < -0.3 is 9.80 Å². The second-order valence-electron chi connectivity index (χ2n) is 6.17. The van der Waals surface area contributed by atoms with E-state index in [2.05, 4.69) is 16.8 Å². The molecule has 0 aromatic heterocycles. The van der Waals surface area contributed by atoms with Gasteiger partial charge in [-0.25, -0.2) is 0 Å². The van der Waals surface area contributed by atoms with Crippen LogP contribution < -0.4 is 0 Å². The molecule has 0 aromatic rings. The van der Waals surface area contributed by atoms with Gasteiger partial charge in [0.25, 0.3) is 0 Å². The Balaban J connectivity index is 1.73. The Kier molecular flexibility index (Phi) is 5.79. The molecule has 100 valence electrons. The zero-order valence-corrected chi connectivity index (χ0v) is 11.7. The Bertz CT molecular complexity index is 194. The van der Waals surface area contributed by atoms with Crippen LogP contribution in [-0.2, 0) is 0 Å². The molecule has 0 aromatic carbocycles. The first kappa shape index (κ1) is 13.4. The summed E-state index contributed by atoms with van der Waals surface area (Å²) in [7, 11) is 2.28. The van der Waals surface area contributed by atoms with Gasteiger partial charge in [0, 0.05) is 6.54 Å². The van der Waals surface area contributed by atoms with E-state index in [-0.39, 0.29) is 0 Å². The lowest BCUT2D eigenvalue weighted by Gasteiger charge is -2.28. The van der Waals surface area contributed by atoms with Crippen LogP contribution >= 0.6 is 0 Å². The Labute approximate surface area is 107 Å². The summed E-state index contributed by atoms with van der Waals surface area (Å²) in [5.41, 5.74) is 0. The highest BCUT2D eigenvalue weighted by atomic mass is 15.1. The lowest BCUT2D eigenvalue weighted by Crippen LogP contribution is -2.32. The lowest BCUT2D eigenvalue weighted by molar-refractivity contribution is 0.201. The number of hydrogen-bond acceptors (Lipinski definition) is 2. The van der Waals surface area contributed by atoms with Gasteiger partial charge in [-0.3, -0.25) is 0 Å². The van der Waals surface area contributed by atoms with Crippen LogP contribution in [0.5, 0.6) is 0 Å². The minimum atomic E-state index is 0.972. The van der Waals surface area contributed by atoms with Crippen LogP contribution in [-0.4, -0.2) is 49.6 Å². The van der Waals surface area contributed by atoms with E-state index in [1.807, 2.05) is 0 Å². The molecule has 2 aliphatic rings. The third-order valence-corrected chi connectivity index (χ3v) is 4.54. The number of nitrogens with zero attached hydrogens (tertiary/aromatic N) is 2. The quantitative estimate of drug-likeness (QED) is 0.730. The number of likely N-dealkylation sites (tertiary alicyclic amines) is 2. The molecule has 0 amide bonds. The van der Waals surface area contributed by atoms with Gasteiger partial charge in [0.05, 0.1) is 0 Å². The summed E-state index contributed by atoms with van der Waals surface area (Å²) in [6.07, 6.45) is 11.6. The first-order valence-electron chi connectivity index (χ1n) is 7.75. The minimum Gasteiger partial charge on any atom is -0.306 e. The summed E-state index contributed by atoms with van der Waals surface area (Å²) in [6.45, 7) is 6.75. The van der Waals surface area contributed by atoms with Gasteiger partial charge in [0.1, 0.15) is 0 Å². The molecular weight excluding hydrogens is 208 g/mol. The fraction of sp³-hybridized carbons (Fsp3) is 1.00. The van der Waals surface area contributed by atoms with Crippen molar-refractivity contribution in [3.63, 3.8) is 0 Å². The fourth-order valence-electron chi connectivity index (χ4n) is 3.35. The largest absolute Gasteiger partial charge is 0.306 e. The third-order valence-electron chi connectivity index (χ3n) is 4.54. The molecule has 1 unspecified atom stereocenters. The van der Waals surface area contributed by atoms with Gasteiger partial charge in [-0.05, 0) is 71.2 Å². The van der Waals surface area contributed by atoms with Gasteiger partial charge in [-0.2, -0.15) is 0 Å². The molecule has 2 rings (SSSR count). The molecule has 0 saturated carbocycles. The molecule has 2 fully saturated rings. The van der Waals surface area contributed by atoms with Crippen molar-refractivity contribution >= 4 is 0 Å². The summed E-state index contributed by atoms with van der Waals surface area (Å²) in [6, 6.07) is 0. The lowest BCUT2D eigenvalue weighted by atomic mass is 9.99. The summed E-state index contributed by atoms with van der Waals surface area (Å²) < 4.78 is 0. The van der Waals surface area contributed by atoms with E-state index in [4.69, 9.17) is 0 Å². The molecule has 0 bridgehead atoms. The zero-order chi connectivity index (χ0) is 11.9. The van der Waals surface area contributed by atoms with Crippen LogP contribution in [0.2, 0.25) is 0 Å². The molecule has 0 radical (unpaired) electrons. The first-order valence-corrected chi connectivity index (χ1v) is 7.75. The van der Waals surface area contributed by atoms with Crippen LogP contribution in [0, 0.1) is 5.92 Å². The van der Waals surface area contributed by atoms with Crippen molar-refractivity contribution in [2.24, 2.45) is 5.92 Å². The smallest absolute Gasteiger partial charge is 0.00101 e. The zero-order valence-electron chi connectivity index (χ0n) is 11.7. The van der Waals surface area contributed by atoms with Crippen LogP contribution in [0.25, 0.3) is 0 Å². The van der Waals surface area contributed by atoms with Crippen molar-refractivity contribution in [1.29, 1.82) is 0 Å². The maximum atomic E-state index is 2.76. The second kappa shape index (κ2) is 7.38. The summed E-state index contributed by atoms with van der Waals surface area (Å²) in [4.78, 5) is 5.27. The average Bonchev–Trinajstić information content (AvgIpc) is 2.47. The van der Waals surface area contributed by atoms with Crippen molar-refractivity contribution in [3.8, 4) is 0 Å². The van der Waals surface area contributed by atoms with Gasteiger partial charge in [0.2, 0.25) is 0 Å². The monoisotopic (exact) mass is 238 g/mol. The van der Waals surface area contributed by atoms with E-state index < -0.39 is 0 Å². The third kappa shape index (κ3) is 4.97. The van der Waals surface area contributed by atoms with Crippen LogP contribution in [0.3, 0.4) is 0 Å². The van der Waals surface area contributed by atoms with E-state index in [1.165, 1.54) is 84.1 Å². The van der Waals surface area contributed by atoms with Gasteiger partial charge >= 0.3 is 0 Å². The Morgan fingerprint density at radius 2 is 1.47 bits per heavy atom. The van der Waals surface area contributed by atoms with Gasteiger partial charge in [-0.1, -0.05) is 19.3 Å². The topological polar surface area (TPSA) is 6.48 Å². The van der Waals surface area contributed by atoms with Crippen molar-refractivity contribution in [2.45, 2.75) is 51.4 Å². The van der Waals surface area contributed by atoms with E-state index in [1.54, 1.807) is 0 Å². The molecule has 17 heavy (non-hydrogen) atoms. The molecular formula is C15H30N2. The first-order chi connectivity index (χ1) is 8.34. The Morgan fingerprint density at radius 1 is 0.765 bits per heavy atom. The van der Waals surface area contributed by atoms with E-state index in [0.29, 0.717) is 0 Å². The second-order valence-corrected chi connectivity index (χ2v) is 6.17. The van der Waals surface area contributed by atoms with Crippen molar-refractivity contribution in [3.05, 3.63) is 0 Å². The molecule has 2 nitrogen and oxygen atoms in total. The SMILES string of the molecule is CN1CCCC(CN2CCCCCCC2)CC1. The molecule has 2 saturated heterocycles. The predicted molar refractivity (Wildman–Crippen MR) is 74.4 cm³/mol. The molecule has 0 spiro atoms. The Hall–Kier alpha value is -0.0800. The number of rotatable bonds is 2. The summed E-state index contributed by atoms with van der Waals surface area (Å²) >= 11 is 0. The maximum Gasteiger partial charge on any atom is 0.00101 e. The standard InChI is InChI=1S/C15H30N2/c1-16-10-7-8-15(9-13-16)14-17-11-5-3-2-4-6-12-17/h15H,2-14H2,1H3. The predicted octanol–water partition coefficient (Wildman–Crippen LogP) is 2.98. The molecule has 0 aliphatic carbocycles. The van der Waals surface area contributed by atoms with Crippen molar-refractivity contribution < 1.29 is 0 Å². The van der Waals surface area contributed by atoms with Crippen LogP contribution in [0.1, 0.15) is 51.4 Å². The number of hydrogen-bond donors (Lipinski definition) is 0. The normalized spacial score (nSPS) is 30.5. The van der Waals surface area contributed by atoms with Crippen molar-refractivity contribution in [2.75, 3.05) is 39.8 Å². The molecule has 1 atom stereocenters. The molecule has 2 heterocycles. The fourth-order valence-corrected chi connectivity index (χ4v) is 3.35. The molecule has 0 N–H and O–H groups in total. The van der Waals surface area contributed by atoms with E-state index >= 15 is 0 Å². The minimum absolute atomic E-state index is 0.972. The molecule has 2 heteroatoms. The maximum absolute atomic E-state index is 2.76. The van der Waals surface area contributed by atoms with Gasteiger partial charge in [0.15, 0.2) is 0 Å². The average molecular weight is 238 g/mol. The van der Waals surface area contributed by atoms with Crippen molar-refractivity contribution in [1.82, 2.24) is 9.80 Å². The van der Waals surface area contributed by atoms with E-state index in [9.17, 15) is 0 Å². The summed E-state index contributed by atoms with van der Waals surface area (Å²) in [5.74, 6) is 0.972. The highest BCUT2D eigenvalue weighted by Crippen LogP contribution is 2.19. The van der Waals surface area contributed by atoms with Gasteiger partial charge in [-0.15, -0.1) is 0 Å². The van der Waals surface area contributed by atoms with Crippen LogP contribution in [0.15, 0.2) is 0 Å². The van der Waals surface area contributed by atoms with E-state index in [0.717, 1.165) is 5.92 Å². The molecule has 2 aliphatic heterocycles. The summed E-state index contributed by atoms with van der Waals surface area (Å²) in [5, 5.41) is 0. The highest BCUT2D eigenvalue weighted by molar-refractivity contribution is 4.73. The Morgan fingerprint density at radius 3 is 2.24 bits per heavy atom. The van der Waals surface area contributed by atoms with Crippen LogP contribution in [0.4, 0.5) is 0 Å². The highest BCUT2D eigenvalue weighted by Gasteiger charge is 2.18.